The fraction of sp³-hybridized carbons (Fsp3) is 0.417. The minimum atomic E-state index is -3.70. The van der Waals surface area contributed by atoms with Crippen LogP contribution in [0.25, 0.3) is 0 Å². The summed E-state index contributed by atoms with van der Waals surface area (Å²) in [6.07, 6.45) is 0.511. The Labute approximate surface area is 199 Å². The Bertz CT molecular complexity index is 1180. The Balaban J connectivity index is 1.44. The molecule has 2 saturated heterocycles. The highest BCUT2D eigenvalue weighted by Gasteiger charge is 2.28. The summed E-state index contributed by atoms with van der Waals surface area (Å²) in [4.78, 5) is 26.7. The molecule has 0 saturated carbocycles. The van der Waals surface area contributed by atoms with E-state index in [1.807, 2.05) is 6.07 Å². The molecule has 1 atom stereocenters. The van der Waals surface area contributed by atoms with Gasteiger partial charge in [-0.2, -0.15) is 4.31 Å². The second-order valence-corrected chi connectivity index (χ2v) is 10.3. The van der Waals surface area contributed by atoms with Gasteiger partial charge < -0.3 is 19.7 Å². The molecule has 2 heterocycles. The number of ether oxygens (including phenoxy) is 2. The number of benzene rings is 2. The van der Waals surface area contributed by atoms with Gasteiger partial charge in [0, 0.05) is 43.5 Å². The number of nitrogens with one attached hydrogen (secondary N) is 1. The number of hydrogen-bond acceptors (Lipinski definition) is 6. The molecule has 2 amide bonds. The highest BCUT2D eigenvalue weighted by atomic mass is 32.2. The summed E-state index contributed by atoms with van der Waals surface area (Å²) in [6, 6.07) is 11.9. The molecule has 182 valence electrons. The van der Waals surface area contributed by atoms with Gasteiger partial charge in [0.2, 0.25) is 15.9 Å². The number of sulfonamides is 1. The smallest absolute Gasteiger partial charge is 0.265 e. The molecule has 0 aliphatic carbocycles. The van der Waals surface area contributed by atoms with Crippen molar-refractivity contribution in [1.82, 2.24) is 4.31 Å². The molecule has 0 aromatic heterocycles. The van der Waals surface area contributed by atoms with Gasteiger partial charge >= 0.3 is 0 Å². The predicted molar refractivity (Wildman–Crippen MR) is 128 cm³/mol. The molecule has 0 unspecified atom stereocenters. The summed E-state index contributed by atoms with van der Waals surface area (Å²) in [5.41, 5.74) is 1.71. The average Bonchev–Trinajstić information content (AvgIpc) is 3.26. The van der Waals surface area contributed by atoms with E-state index in [4.69, 9.17) is 9.47 Å². The Kier molecular flexibility index (Phi) is 7.20. The highest BCUT2D eigenvalue weighted by Crippen LogP contribution is 2.27. The van der Waals surface area contributed by atoms with Crippen LogP contribution in [0.5, 0.6) is 5.75 Å². The van der Waals surface area contributed by atoms with Crippen LogP contribution in [0, 0.1) is 6.92 Å². The number of carbonyl (C=O) groups is 2. The average molecular weight is 488 g/mol. The Morgan fingerprint density at radius 3 is 2.59 bits per heavy atom. The molecule has 0 spiro atoms. The van der Waals surface area contributed by atoms with Gasteiger partial charge in [0.05, 0.1) is 18.1 Å². The molecule has 10 heteroatoms. The van der Waals surface area contributed by atoms with E-state index in [0.29, 0.717) is 56.3 Å². The third-order valence-electron chi connectivity index (χ3n) is 5.93. The number of rotatable bonds is 7. The second kappa shape index (κ2) is 10.1. The molecule has 0 bridgehead atoms. The van der Waals surface area contributed by atoms with Gasteiger partial charge in [-0.1, -0.05) is 12.1 Å². The zero-order valence-electron chi connectivity index (χ0n) is 19.3. The van der Waals surface area contributed by atoms with E-state index in [1.165, 1.54) is 10.4 Å². The Morgan fingerprint density at radius 2 is 1.88 bits per heavy atom. The van der Waals surface area contributed by atoms with Crippen LogP contribution in [0.15, 0.2) is 47.4 Å². The van der Waals surface area contributed by atoms with E-state index in [-0.39, 0.29) is 10.8 Å². The van der Waals surface area contributed by atoms with E-state index >= 15 is 0 Å². The molecule has 0 radical (unpaired) electrons. The van der Waals surface area contributed by atoms with Crippen molar-refractivity contribution >= 4 is 33.2 Å². The van der Waals surface area contributed by atoms with Gasteiger partial charge in [-0.25, -0.2) is 8.42 Å². The summed E-state index contributed by atoms with van der Waals surface area (Å²) in [7, 11) is -3.70. The number of amides is 2. The summed E-state index contributed by atoms with van der Waals surface area (Å²) in [5.74, 6) is 0.130. The lowest BCUT2D eigenvalue weighted by molar-refractivity contribution is -0.122. The molecular formula is C24H29N3O6S. The van der Waals surface area contributed by atoms with Gasteiger partial charge in [0.1, 0.15) is 5.75 Å². The zero-order valence-corrected chi connectivity index (χ0v) is 20.1. The lowest BCUT2D eigenvalue weighted by atomic mass is 10.2. The van der Waals surface area contributed by atoms with Gasteiger partial charge in [0.15, 0.2) is 6.10 Å². The van der Waals surface area contributed by atoms with Crippen LogP contribution in [0.2, 0.25) is 0 Å². The largest absolute Gasteiger partial charge is 0.481 e. The first-order chi connectivity index (χ1) is 16.3. The Morgan fingerprint density at radius 1 is 1.12 bits per heavy atom. The minimum absolute atomic E-state index is 0.0742. The Hall–Kier alpha value is -2.95. The maximum absolute atomic E-state index is 13.1. The third-order valence-corrected chi connectivity index (χ3v) is 7.97. The van der Waals surface area contributed by atoms with E-state index in [1.54, 1.807) is 49.1 Å². The fourth-order valence-corrected chi connectivity index (χ4v) is 5.69. The number of morpholine rings is 1. The SMILES string of the molecule is Cc1ccc(NC(=O)[C@@H](C)Oc2cccc(N3CCCC3=O)c2)cc1S(=O)(=O)N1CCOCC1. The number of nitrogens with zero attached hydrogens (tertiary/aromatic N) is 2. The van der Waals surface area contributed by atoms with Crippen LogP contribution >= 0.6 is 0 Å². The maximum atomic E-state index is 13.1. The van der Waals surface area contributed by atoms with Gasteiger partial charge in [-0.05, 0) is 50.1 Å². The fourth-order valence-electron chi connectivity index (χ4n) is 4.03. The van der Waals surface area contributed by atoms with Crippen LogP contribution < -0.4 is 15.0 Å². The van der Waals surface area contributed by atoms with E-state index in [9.17, 15) is 18.0 Å². The molecule has 2 aliphatic rings. The maximum Gasteiger partial charge on any atom is 0.265 e. The topological polar surface area (TPSA) is 105 Å². The highest BCUT2D eigenvalue weighted by molar-refractivity contribution is 7.89. The quantitative estimate of drug-likeness (QED) is 0.644. The van der Waals surface area contributed by atoms with E-state index < -0.39 is 22.0 Å². The van der Waals surface area contributed by atoms with Gasteiger partial charge in [-0.3, -0.25) is 9.59 Å². The van der Waals surface area contributed by atoms with Crippen LogP contribution in [-0.4, -0.2) is 63.5 Å². The minimum Gasteiger partial charge on any atom is -0.481 e. The first-order valence-corrected chi connectivity index (χ1v) is 12.8. The number of anilines is 2. The predicted octanol–water partition coefficient (Wildman–Crippen LogP) is 2.55. The molecule has 4 rings (SSSR count). The summed E-state index contributed by atoms with van der Waals surface area (Å²) >= 11 is 0. The lowest BCUT2D eigenvalue weighted by Crippen LogP contribution is -2.40. The van der Waals surface area contributed by atoms with Crippen molar-refractivity contribution in [3.8, 4) is 5.75 Å². The zero-order chi connectivity index (χ0) is 24.3. The van der Waals surface area contributed by atoms with Gasteiger partial charge in [0.25, 0.3) is 5.91 Å². The first-order valence-electron chi connectivity index (χ1n) is 11.3. The summed E-state index contributed by atoms with van der Waals surface area (Å²) < 4.78 is 38.6. The molecule has 2 aromatic carbocycles. The van der Waals surface area contributed by atoms with Crippen LogP contribution in [0.3, 0.4) is 0 Å². The molecule has 34 heavy (non-hydrogen) atoms. The molecule has 9 nitrogen and oxygen atoms in total. The molecular weight excluding hydrogens is 458 g/mol. The number of aryl methyl sites for hydroxylation is 1. The monoisotopic (exact) mass is 487 g/mol. The van der Waals surface area contributed by atoms with E-state index in [0.717, 1.165) is 12.1 Å². The molecule has 1 N–H and O–H groups in total. The van der Waals surface area contributed by atoms with Crippen molar-refractivity contribution in [3.05, 3.63) is 48.0 Å². The van der Waals surface area contributed by atoms with Crippen LogP contribution in [0.1, 0.15) is 25.3 Å². The van der Waals surface area contributed by atoms with Crippen molar-refractivity contribution in [3.63, 3.8) is 0 Å². The number of carbonyl (C=O) groups excluding carboxylic acids is 2. The second-order valence-electron chi connectivity index (χ2n) is 8.39. The van der Waals surface area contributed by atoms with Crippen molar-refractivity contribution in [1.29, 1.82) is 0 Å². The van der Waals surface area contributed by atoms with Gasteiger partial charge in [-0.15, -0.1) is 0 Å². The van der Waals surface area contributed by atoms with Crippen molar-refractivity contribution in [2.24, 2.45) is 0 Å². The van der Waals surface area contributed by atoms with Crippen LogP contribution in [-0.2, 0) is 24.3 Å². The van der Waals surface area contributed by atoms with Crippen molar-refractivity contribution < 1.29 is 27.5 Å². The molecule has 2 aliphatic heterocycles. The summed E-state index contributed by atoms with van der Waals surface area (Å²) in [6.45, 7) is 5.32. The standard InChI is InChI=1S/C24H29N3O6S/c1-17-8-9-19(15-22(17)34(30,31)26-11-13-32-14-12-26)25-24(29)18(2)33-21-6-3-5-20(16-21)27-10-4-7-23(27)28/h3,5-6,8-9,15-16,18H,4,7,10-14H2,1-2H3,(H,25,29)/t18-/m1/s1. The number of hydrogen-bond donors (Lipinski definition) is 1. The molecule has 2 aromatic rings. The van der Waals surface area contributed by atoms with Crippen molar-refractivity contribution in [2.75, 3.05) is 43.1 Å². The third kappa shape index (κ3) is 5.24. The summed E-state index contributed by atoms with van der Waals surface area (Å²) in [5, 5.41) is 2.75. The molecule has 2 fully saturated rings. The van der Waals surface area contributed by atoms with Crippen LogP contribution in [0.4, 0.5) is 11.4 Å². The van der Waals surface area contributed by atoms with Crippen molar-refractivity contribution in [2.45, 2.75) is 37.7 Å². The van der Waals surface area contributed by atoms with E-state index in [2.05, 4.69) is 5.32 Å². The normalized spacial score (nSPS) is 18.1. The first kappa shape index (κ1) is 24.2. The lowest BCUT2D eigenvalue weighted by Gasteiger charge is -2.27.